The van der Waals surface area contributed by atoms with Crippen molar-refractivity contribution in [2.24, 2.45) is 0 Å². The molecule has 0 radical (unpaired) electrons. The number of halogens is 1. The lowest BCUT2D eigenvalue weighted by molar-refractivity contribution is 0.202. The molecule has 0 amide bonds. The van der Waals surface area contributed by atoms with Crippen molar-refractivity contribution in [1.82, 2.24) is 4.98 Å². The molecule has 5 heteroatoms. The first-order chi connectivity index (χ1) is 7.29. The van der Waals surface area contributed by atoms with Gasteiger partial charge in [-0.2, -0.15) is 0 Å². The molecule has 1 N–H and O–H groups in total. The maximum atomic E-state index is 13.4. The van der Waals surface area contributed by atoms with Crippen LogP contribution in [0.2, 0.25) is 0 Å². The number of aliphatic hydroxyl groups is 1. The van der Waals surface area contributed by atoms with E-state index in [1.807, 2.05) is 0 Å². The molecule has 0 spiro atoms. The number of pyridine rings is 1. The number of anilines is 1. The predicted molar refractivity (Wildman–Crippen MR) is 55.4 cm³/mol. The molecule has 0 bridgehead atoms. The van der Waals surface area contributed by atoms with Gasteiger partial charge in [0.1, 0.15) is 0 Å². The number of hydrogen-bond acceptors (Lipinski definition) is 4. The van der Waals surface area contributed by atoms with Gasteiger partial charge in [-0.1, -0.05) is 0 Å². The summed E-state index contributed by atoms with van der Waals surface area (Å²) in [6.45, 7) is 1.28. The van der Waals surface area contributed by atoms with Crippen LogP contribution in [0.3, 0.4) is 0 Å². The van der Waals surface area contributed by atoms with E-state index >= 15 is 0 Å². The van der Waals surface area contributed by atoms with Gasteiger partial charge in [0.25, 0.3) is 0 Å². The Bertz CT molecular complexity index is 297. The van der Waals surface area contributed by atoms with Crippen molar-refractivity contribution in [2.75, 3.05) is 38.3 Å². The van der Waals surface area contributed by atoms with E-state index in [-0.39, 0.29) is 18.2 Å². The highest BCUT2D eigenvalue weighted by Gasteiger charge is 2.11. The van der Waals surface area contributed by atoms with Gasteiger partial charge >= 0.3 is 0 Å². The van der Waals surface area contributed by atoms with Crippen LogP contribution in [-0.2, 0) is 4.74 Å². The number of rotatable bonds is 6. The third kappa shape index (κ3) is 3.45. The van der Waals surface area contributed by atoms with Crippen molar-refractivity contribution in [3.63, 3.8) is 0 Å². The zero-order valence-corrected chi connectivity index (χ0v) is 8.69. The fourth-order valence-corrected chi connectivity index (χ4v) is 1.26. The van der Waals surface area contributed by atoms with Crippen molar-refractivity contribution in [1.29, 1.82) is 0 Å². The zero-order chi connectivity index (χ0) is 11.1. The second-order valence-corrected chi connectivity index (χ2v) is 3.01. The van der Waals surface area contributed by atoms with Gasteiger partial charge in [-0.3, -0.25) is 0 Å². The molecule has 0 aliphatic heterocycles. The molecular weight excluding hydrogens is 199 g/mol. The van der Waals surface area contributed by atoms with Crippen LogP contribution in [0.5, 0.6) is 0 Å². The lowest BCUT2D eigenvalue weighted by Crippen LogP contribution is -2.31. The van der Waals surface area contributed by atoms with E-state index in [2.05, 4.69) is 4.98 Å². The third-order valence-electron chi connectivity index (χ3n) is 1.97. The first-order valence-corrected chi connectivity index (χ1v) is 4.75. The SMILES string of the molecule is COCCN(CCO)c1ncccc1F. The smallest absolute Gasteiger partial charge is 0.165 e. The summed E-state index contributed by atoms with van der Waals surface area (Å²) >= 11 is 0. The van der Waals surface area contributed by atoms with E-state index in [1.54, 1.807) is 12.0 Å². The van der Waals surface area contributed by atoms with E-state index < -0.39 is 0 Å². The Labute approximate surface area is 88.3 Å². The highest BCUT2D eigenvalue weighted by molar-refractivity contribution is 5.39. The second kappa shape index (κ2) is 6.31. The van der Waals surface area contributed by atoms with Gasteiger partial charge in [-0.15, -0.1) is 0 Å². The maximum absolute atomic E-state index is 13.4. The summed E-state index contributed by atoms with van der Waals surface area (Å²) in [6, 6.07) is 2.88. The van der Waals surface area contributed by atoms with Crippen molar-refractivity contribution < 1.29 is 14.2 Å². The molecule has 1 rings (SSSR count). The van der Waals surface area contributed by atoms with Crippen LogP contribution in [0.4, 0.5) is 10.2 Å². The molecular formula is C10H15FN2O2. The number of hydrogen-bond donors (Lipinski definition) is 1. The van der Waals surface area contributed by atoms with E-state index in [1.165, 1.54) is 18.3 Å². The summed E-state index contributed by atoms with van der Waals surface area (Å²) in [5.74, 6) is -0.134. The lowest BCUT2D eigenvalue weighted by atomic mass is 10.4. The molecule has 0 unspecified atom stereocenters. The number of aromatic nitrogens is 1. The Hall–Kier alpha value is -1.20. The highest BCUT2D eigenvalue weighted by Crippen LogP contribution is 2.14. The van der Waals surface area contributed by atoms with Crippen molar-refractivity contribution in [3.05, 3.63) is 24.1 Å². The number of ether oxygens (including phenoxy) is 1. The van der Waals surface area contributed by atoms with Crippen LogP contribution in [0.25, 0.3) is 0 Å². The van der Waals surface area contributed by atoms with Gasteiger partial charge in [0, 0.05) is 26.4 Å². The molecule has 1 heterocycles. The quantitative estimate of drug-likeness (QED) is 0.756. The summed E-state index contributed by atoms with van der Waals surface area (Å²) < 4.78 is 18.3. The maximum Gasteiger partial charge on any atom is 0.165 e. The van der Waals surface area contributed by atoms with Gasteiger partial charge < -0.3 is 14.7 Å². The Morgan fingerprint density at radius 1 is 1.53 bits per heavy atom. The minimum Gasteiger partial charge on any atom is -0.395 e. The largest absolute Gasteiger partial charge is 0.395 e. The van der Waals surface area contributed by atoms with E-state index in [0.29, 0.717) is 19.7 Å². The van der Waals surface area contributed by atoms with Gasteiger partial charge in [0.05, 0.1) is 13.2 Å². The average molecular weight is 214 g/mol. The third-order valence-corrected chi connectivity index (χ3v) is 1.97. The lowest BCUT2D eigenvalue weighted by Gasteiger charge is -2.22. The number of nitrogens with zero attached hydrogens (tertiary/aromatic N) is 2. The fraction of sp³-hybridized carbons (Fsp3) is 0.500. The van der Waals surface area contributed by atoms with Crippen molar-refractivity contribution >= 4 is 5.82 Å². The highest BCUT2D eigenvalue weighted by atomic mass is 19.1. The monoisotopic (exact) mass is 214 g/mol. The first-order valence-electron chi connectivity index (χ1n) is 4.75. The van der Waals surface area contributed by atoms with E-state index in [0.717, 1.165) is 0 Å². The molecule has 1 aromatic heterocycles. The van der Waals surface area contributed by atoms with Crippen LogP contribution < -0.4 is 4.90 Å². The van der Waals surface area contributed by atoms with Crippen LogP contribution in [0, 0.1) is 5.82 Å². The minimum absolute atomic E-state index is 0.0419. The molecule has 0 fully saturated rings. The van der Waals surface area contributed by atoms with Crippen LogP contribution >= 0.6 is 0 Å². The zero-order valence-electron chi connectivity index (χ0n) is 8.69. The molecule has 4 nitrogen and oxygen atoms in total. The molecule has 0 aromatic carbocycles. The molecule has 0 aliphatic carbocycles. The number of aliphatic hydroxyl groups excluding tert-OH is 1. The summed E-state index contributed by atoms with van der Waals surface area (Å²) in [5.41, 5.74) is 0. The minimum atomic E-state index is -0.387. The van der Waals surface area contributed by atoms with Gasteiger partial charge in [-0.25, -0.2) is 9.37 Å². The Kier molecular flexibility index (Phi) is 5.00. The van der Waals surface area contributed by atoms with Crippen LogP contribution in [0.1, 0.15) is 0 Å². The molecule has 84 valence electrons. The van der Waals surface area contributed by atoms with Gasteiger partial charge in [0.15, 0.2) is 11.6 Å². The molecule has 0 saturated heterocycles. The second-order valence-electron chi connectivity index (χ2n) is 3.01. The summed E-state index contributed by atoms with van der Waals surface area (Å²) in [7, 11) is 1.58. The Morgan fingerprint density at radius 2 is 2.33 bits per heavy atom. The molecule has 15 heavy (non-hydrogen) atoms. The van der Waals surface area contributed by atoms with Gasteiger partial charge in [-0.05, 0) is 12.1 Å². The average Bonchev–Trinajstić information content (AvgIpc) is 2.25. The van der Waals surface area contributed by atoms with Crippen LogP contribution in [0.15, 0.2) is 18.3 Å². The normalized spacial score (nSPS) is 10.3. The van der Waals surface area contributed by atoms with Crippen molar-refractivity contribution in [3.8, 4) is 0 Å². The van der Waals surface area contributed by atoms with Gasteiger partial charge in [0.2, 0.25) is 0 Å². The van der Waals surface area contributed by atoms with Crippen LogP contribution in [-0.4, -0.2) is 43.5 Å². The summed E-state index contributed by atoms with van der Waals surface area (Å²) in [4.78, 5) is 5.59. The first kappa shape index (κ1) is 11.9. The van der Waals surface area contributed by atoms with E-state index in [9.17, 15) is 4.39 Å². The predicted octanol–water partition coefficient (Wildman–Crippen LogP) is 0.666. The van der Waals surface area contributed by atoms with E-state index in [4.69, 9.17) is 9.84 Å². The molecule has 0 aliphatic rings. The molecule has 0 atom stereocenters. The summed E-state index contributed by atoms with van der Waals surface area (Å²) in [6.07, 6.45) is 1.52. The topological polar surface area (TPSA) is 45.6 Å². The summed E-state index contributed by atoms with van der Waals surface area (Å²) in [5, 5.41) is 8.86. The Balaban J connectivity index is 2.74. The standard InChI is InChI=1S/C10H15FN2O2/c1-15-8-6-13(5-7-14)10-9(11)3-2-4-12-10/h2-4,14H,5-8H2,1H3. The number of methoxy groups -OCH3 is 1. The Morgan fingerprint density at radius 3 is 2.93 bits per heavy atom. The molecule has 0 saturated carbocycles. The van der Waals surface area contributed by atoms with Crippen molar-refractivity contribution in [2.45, 2.75) is 0 Å². The fourth-order valence-electron chi connectivity index (χ4n) is 1.26. The molecule has 1 aromatic rings.